The van der Waals surface area contributed by atoms with Gasteiger partial charge in [0.15, 0.2) is 0 Å². The Morgan fingerprint density at radius 3 is 2.37 bits per heavy atom. The Bertz CT molecular complexity index is 585. The first-order chi connectivity index (χ1) is 8.97. The summed E-state index contributed by atoms with van der Waals surface area (Å²) < 4.78 is 5.60. The van der Waals surface area contributed by atoms with Crippen LogP contribution >= 0.6 is 34.8 Å². The zero-order chi connectivity index (χ0) is 14.0. The minimum atomic E-state index is -0.123. The number of hydrogen-bond acceptors (Lipinski definition) is 3. The van der Waals surface area contributed by atoms with E-state index in [1.807, 2.05) is 6.92 Å². The first-order valence-electron chi connectivity index (χ1n) is 5.51. The van der Waals surface area contributed by atoms with E-state index in [4.69, 9.17) is 45.3 Å². The average molecular weight is 318 g/mol. The van der Waals surface area contributed by atoms with Crippen LogP contribution in [0, 0.1) is 0 Å². The lowest BCUT2D eigenvalue weighted by Gasteiger charge is -2.10. The third-order valence-electron chi connectivity index (χ3n) is 2.43. The first kappa shape index (κ1) is 14.4. The molecule has 2 aromatic rings. The van der Waals surface area contributed by atoms with Gasteiger partial charge in [-0.05, 0) is 25.1 Å². The highest BCUT2D eigenvalue weighted by Crippen LogP contribution is 2.36. The van der Waals surface area contributed by atoms with E-state index in [1.54, 1.807) is 24.4 Å². The second-order valence-electron chi connectivity index (χ2n) is 4.01. The lowest BCUT2D eigenvalue weighted by molar-refractivity contribution is 0.479. The van der Waals surface area contributed by atoms with Gasteiger partial charge in [-0.25, -0.2) is 0 Å². The Labute approximate surface area is 126 Å². The number of hydrogen-bond donors (Lipinski definition) is 1. The van der Waals surface area contributed by atoms with Gasteiger partial charge < -0.3 is 10.5 Å². The van der Waals surface area contributed by atoms with Crippen molar-refractivity contribution < 1.29 is 4.74 Å². The van der Waals surface area contributed by atoms with E-state index in [9.17, 15) is 0 Å². The molecule has 0 radical (unpaired) electrons. The fraction of sp³-hybridized carbons (Fsp3) is 0.154. The van der Waals surface area contributed by atoms with Gasteiger partial charge in [-0.1, -0.05) is 34.8 Å². The predicted molar refractivity (Wildman–Crippen MR) is 78.4 cm³/mol. The first-order valence-corrected chi connectivity index (χ1v) is 6.64. The Morgan fingerprint density at radius 2 is 1.79 bits per heavy atom. The standard InChI is InChI=1S/C13H11Cl3N2O/c1-7(17)12-3-2-8(6-18-12)19-13-5-10(15)9(14)4-11(13)16/h2-7H,17H2,1H3/t7-/m1/s1. The molecule has 1 aromatic heterocycles. The quantitative estimate of drug-likeness (QED) is 0.823. The van der Waals surface area contributed by atoms with Gasteiger partial charge in [-0.15, -0.1) is 0 Å². The van der Waals surface area contributed by atoms with Crippen molar-refractivity contribution in [2.75, 3.05) is 0 Å². The summed E-state index contributed by atoms with van der Waals surface area (Å²) in [5, 5.41) is 1.14. The lowest BCUT2D eigenvalue weighted by atomic mass is 10.2. The molecule has 19 heavy (non-hydrogen) atoms. The number of nitrogens with zero attached hydrogens (tertiary/aromatic N) is 1. The van der Waals surface area contributed by atoms with E-state index >= 15 is 0 Å². The molecule has 3 nitrogen and oxygen atoms in total. The Balaban J connectivity index is 2.24. The summed E-state index contributed by atoms with van der Waals surface area (Å²) in [5.74, 6) is 0.969. The molecule has 0 aliphatic carbocycles. The number of halogens is 3. The Kier molecular flexibility index (Phi) is 4.53. The van der Waals surface area contributed by atoms with E-state index in [1.165, 1.54) is 6.07 Å². The van der Waals surface area contributed by atoms with Crippen LogP contribution in [-0.2, 0) is 0 Å². The topological polar surface area (TPSA) is 48.1 Å². The molecular formula is C13H11Cl3N2O. The van der Waals surface area contributed by atoms with Crippen LogP contribution in [0.2, 0.25) is 15.1 Å². The van der Waals surface area contributed by atoms with Gasteiger partial charge in [-0.2, -0.15) is 0 Å². The number of rotatable bonds is 3. The van der Waals surface area contributed by atoms with Crippen molar-refractivity contribution in [1.82, 2.24) is 4.98 Å². The van der Waals surface area contributed by atoms with Crippen LogP contribution in [0.4, 0.5) is 0 Å². The molecule has 1 aromatic carbocycles. The SMILES string of the molecule is C[C@@H](N)c1ccc(Oc2cc(Cl)c(Cl)cc2Cl)cn1. The van der Waals surface area contributed by atoms with Crippen molar-refractivity contribution in [3.05, 3.63) is 51.2 Å². The molecule has 6 heteroatoms. The maximum Gasteiger partial charge on any atom is 0.147 e. The third-order valence-corrected chi connectivity index (χ3v) is 3.45. The van der Waals surface area contributed by atoms with Crippen molar-refractivity contribution in [3.8, 4) is 11.5 Å². The normalized spacial score (nSPS) is 12.3. The zero-order valence-corrected chi connectivity index (χ0v) is 12.3. The minimum Gasteiger partial charge on any atom is -0.454 e. The van der Waals surface area contributed by atoms with Crippen molar-refractivity contribution >= 4 is 34.8 Å². The smallest absolute Gasteiger partial charge is 0.147 e. The molecule has 0 saturated heterocycles. The number of pyridine rings is 1. The summed E-state index contributed by atoms with van der Waals surface area (Å²) in [5.41, 5.74) is 6.51. The highest BCUT2D eigenvalue weighted by atomic mass is 35.5. The van der Waals surface area contributed by atoms with Crippen LogP contribution in [0.1, 0.15) is 18.7 Å². The van der Waals surface area contributed by atoms with Gasteiger partial charge in [0.05, 0.1) is 27.0 Å². The largest absolute Gasteiger partial charge is 0.454 e. The molecule has 0 unspecified atom stereocenters. The molecule has 2 N–H and O–H groups in total. The summed E-state index contributed by atoms with van der Waals surface area (Å²) in [7, 11) is 0. The molecule has 0 saturated carbocycles. The van der Waals surface area contributed by atoms with Gasteiger partial charge in [0, 0.05) is 12.1 Å². The van der Waals surface area contributed by atoms with E-state index in [0.29, 0.717) is 26.6 Å². The van der Waals surface area contributed by atoms with Crippen LogP contribution < -0.4 is 10.5 Å². The maximum atomic E-state index is 6.02. The van der Waals surface area contributed by atoms with Gasteiger partial charge >= 0.3 is 0 Å². The molecule has 100 valence electrons. The van der Waals surface area contributed by atoms with E-state index in [0.717, 1.165) is 5.69 Å². The molecule has 1 atom stereocenters. The summed E-state index contributed by atoms with van der Waals surface area (Å²) >= 11 is 17.8. The Morgan fingerprint density at radius 1 is 1.11 bits per heavy atom. The van der Waals surface area contributed by atoms with Crippen molar-refractivity contribution in [2.45, 2.75) is 13.0 Å². The number of nitrogens with two attached hydrogens (primary N) is 1. The number of benzene rings is 1. The van der Waals surface area contributed by atoms with E-state index in [-0.39, 0.29) is 6.04 Å². The average Bonchev–Trinajstić information content (AvgIpc) is 2.36. The van der Waals surface area contributed by atoms with Gasteiger partial charge in [0.25, 0.3) is 0 Å². The molecule has 2 rings (SSSR count). The van der Waals surface area contributed by atoms with Crippen LogP contribution in [-0.4, -0.2) is 4.98 Å². The minimum absolute atomic E-state index is 0.123. The van der Waals surface area contributed by atoms with Crippen LogP contribution in [0.25, 0.3) is 0 Å². The molecule has 0 spiro atoms. The summed E-state index contributed by atoms with van der Waals surface area (Å²) in [6.45, 7) is 1.86. The maximum absolute atomic E-state index is 6.02. The molecule has 0 aliphatic rings. The zero-order valence-electron chi connectivity index (χ0n) is 10.0. The van der Waals surface area contributed by atoms with Crippen molar-refractivity contribution in [1.29, 1.82) is 0 Å². The van der Waals surface area contributed by atoms with E-state index < -0.39 is 0 Å². The van der Waals surface area contributed by atoms with Gasteiger partial charge in [0.2, 0.25) is 0 Å². The molecule has 0 amide bonds. The van der Waals surface area contributed by atoms with Crippen LogP contribution in [0.5, 0.6) is 11.5 Å². The fourth-order valence-corrected chi connectivity index (χ4v) is 2.01. The number of aromatic nitrogens is 1. The number of ether oxygens (including phenoxy) is 1. The monoisotopic (exact) mass is 316 g/mol. The van der Waals surface area contributed by atoms with Crippen molar-refractivity contribution in [2.24, 2.45) is 5.73 Å². The molecule has 0 bridgehead atoms. The van der Waals surface area contributed by atoms with E-state index in [2.05, 4.69) is 4.98 Å². The molecule has 0 fully saturated rings. The Hall–Kier alpha value is -1.00. The van der Waals surface area contributed by atoms with Gasteiger partial charge in [0.1, 0.15) is 11.5 Å². The second-order valence-corrected chi connectivity index (χ2v) is 5.23. The molecule has 1 heterocycles. The predicted octanol–water partition coefficient (Wildman–Crippen LogP) is 4.85. The summed E-state index contributed by atoms with van der Waals surface area (Å²) in [6.07, 6.45) is 1.58. The summed E-state index contributed by atoms with van der Waals surface area (Å²) in [6, 6.07) is 6.54. The summed E-state index contributed by atoms with van der Waals surface area (Å²) in [4.78, 5) is 4.19. The second kappa shape index (κ2) is 5.97. The van der Waals surface area contributed by atoms with Gasteiger partial charge in [-0.3, -0.25) is 4.98 Å². The molecule has 0 aliphatic heterocycles. The van der Waals surface area contributed by atoms with Crippen LogP contribution in [0.3, 0.4) is 0 Å². The highest BCUT2D eigenvalue weighted by molar-refractivity contribution is 6.43. The van der Waals surface area contributed by atoms with Crippen molar-refractivity contribution in [3.63, 3.8) is 0 Å². The fourth-order valence-electron chi connectivity index (χ4n) is 1.43. The van der Waals surface area contributed by atoms with Crippen LogP contribution in [0.15, 0.2) is 30.5 Å². The lowest BCUT2D eigenvalue weighted by Crippen LogP contribution is -2.06. The third kappa shape index (κ3) is 3.51. The molecular weight excluding hydrogens is 307 g/mol. The highest BCUT2D eigenvalue weighted by Gasteiger charge is 2.09.